The molecule has 5 heteroatoms. The molecule has 0 amide bonds. The van der Waals surface area contributed by atoms with Gasteiger partial charge in [0.05, 0.1) is 11.9 Å². The van der Waals surface area contributed by atoms with Crippen molar-refractivity contribution in [2.75, 3.05) is 5.73 Å². The molecule has 0 aliphatic rings. The summed E-state index contributed by atoms with van der Waals surface area (Å²) in [6.45, 7) is 2.07. The lowest BCUT2D eigenvalue weighted by Crippen LogP contribution is -1.89. The van der Waals surface area contributed by atoms with Gasteiger partial charge in [0.1, 0.15) is 5.69 Å². The molecule has 2 rings (SSSR count). The fraction of sp³-hybridized carbons (Fsp3) is 0.300. The smallest absolute Gasteiger partial charge is 0.276 e. The van der Waals surface area contributed by atoms with Gasteiger partial charge in [-0.05, 0) is 18.6 Å². The molecule has 15 heavy (non-hydrogen) atoms. The van der Waals surface area contributed by atoms with Crippen LogP contribution >= 0.6 is 0 Å². The van der Waals surface area contributed by atoms with Gasteiger partial charge in [-0.2, -0.15) is 4.98 Å². The maximum Gasteiger partial charge on any atom is 0.276 e. The predicted octanol–water partition coefficient (Wildman–Crippen LogP) is 1.67. The van der Waals surface area contributed by atoms with Crippen LogP contribution in [0.5, 0.6) is 0 Å². The maximum atomic E-state index is 5.53. The number of pyridine rings is 1. The summed E-state index contributed by atoms with van der Waals surface area (Å²) in [5, 5.41) is 3.85. The molecule has 0 saturated heterocycles. The van der Waals surface area contributed by atoms with Crippen LogP contribution in [-0.4, -0.2) is 15.1 Å². The molecule has 2 aromatic rings. The van der Waals surface area contributed by atoms with Gasteiger partial charge >= 0.3 is 0 Å². The van der Waals surface area contributed by atoms with E-state index in [1.807, 2.05) is 0 Å². The van der Waals surface area contributed by atoms with Gasteiger partial charge in [0.25, 0.3) is 5.89 Å². The van der Waals surface area contributed by atoms with E-state index >= 15 is 0 Å². The first-order valence-corrected chi connectivity index (χ1v) is 4.84. The van der Waals surface area contributed by atoms with Crippen molar-refractivity contribution in [3.63, 3.8) is 0 Å². The molecule has 5 nitrogen and oxygen atoms in total. The van der Waals surface area contributed by atoms with E-state index in [-0.39, 0.29) is 0 Å². The topological polar surface area (TPSA) is 77.8 Å². The van der Waals surface area contributed by atoms with Gasteiger partial charge in [-0.15, -0.1) is 0 Å². The van der Waals surface area contributed by atoms with Crippen molar-refractivity contribution in [2.24, 2.45) is 0 Å². The monoisotopic (exact) mass is 204 g/mol. The van der Waals surface area contributed by atoms with Crippen LogP contribution < -0.4 is 5.73 Å². The molecule has 0 atom stereocenters. The Labute approximate surface area is 87.3 Å². The van der Waals surface area contributed by atoms with E-state index in [1.54, 1.807) is 18.3 Å². The SMILES string of the molecule is CCCc1noc(-c2ccc(N)cn2)n1. The Kier molecular flexibility index (Phi) is 2.62. The first kappa shape index (κ1) is 9.64. The molecule has 0 aliphatic carbocycles. The highest BCUT2D eigenvalue weighted by atomic mass is 16.5. The number of aromatic nitrogens is 3. The quantitative estimate of drug-likeness (QED) is 0.822. The Morgan fingerprint density at radius 1 is 1.40 bits per heavy atom. The first-order valence-electron chi connectivity index (χ1n) is 4.84. The normalized spacial score (nSPS) is 10.5. The average Bonchev–Trinajstić information content (AvgIpc) is 2.68. The standard InChI is InChI=1S/C10H12N4O/c1-2-3-9-13-10(15-14-9)8-5-4-7(11)6-12-8/h4-6H,2-3,11H2,1H3. The number of hydrogen-bond donors (Lipinski definition) is 1. The Morgan fingerprint density at radius 2 is 2.27 bits per heavy atom. The summed E-state index contributed by atoms with van der Waals surface area (Å²) in [4.78, 5) is 8.32. The van der Waals surface area contributed by atoms with Gasteiger partial charge in [-0.1, -0.05) is 12.1 Å². The van der Waals surface area contributed by atoms with Gasteiger partial charge in [0.2, 0.25) is 0 Å². The lowest BCUT2D eigenvalue weighted by Gasteiger charge is -1.93. The van der Waals surface area contributed by atoms with Gasteiger partial charge < -0.3 is 10.3 Å². The fourth-order valence-corrected chi connectivity index (χ4v) is 1.21. The summed E-state index contributed by atoms with van der Waals surface area (Å²) in [6.07, 6.45) is 3.38. The summed E-state index contributed by atoms with van der Waals surface area (Å²) in [5.74, 6) is 1.16. The van der Waals surface area contributed by atoms with Gasteiger partial charge in [0, 0.05) is 6.42 Å². The highest BCUT2D eigenvalue weighted by molar-refractivity contribution is 5.50. The van der Waals surface area contributed by atoms with E-state index in [2.05, 4.69) is 22.0 Å². The Bertz CT molecular complexity index is 435. The number of nitrogens with zero attached hydrogens (tertiary/aromatic N) is 3. The molecule has 0 fully saturated rings. The molecular weight excluding hydrogens is 192 g/mol. The van der Waals surface area contributed by atoms with Crippen LogP contribution in [0.25, 0.3) is 11.6 Å². The molecule has 78 valence electrons. The molecule has 0 aromatic carbocycles. The average molecular weight is 204 g/mol. The third-order valence-electron chi connectivity index (χ3n) is 1.95. The summed E-state index contributed by atoms with van der Waals surface area (Å²) in [7, 11) is 0. The molecule has 0 spiro atoms. The van der Waals surface area contributed by atoms with Crippen molar-refractivity contribution in [3.8, 4) is 11.6 Å². The lowest BCUT2D eigenvalue weighted by atomic mass is 10.3. The Balaban J connectivity index is 2.25. The molecule has 0 aliphatic heterocycles. The molecule has 0 unspecified atom stereocenters. The van der Waals surface area contributed by atoms with E-state index in [0.717, 1.165) is 12.8 Å². The minimum absolute atomic E-state index is 0.443. The number of aryl methyl sites for hydroxylation is 1. The Morgan fingerprint density at radius 3 is 2.93 bits per heavy atom. The van der Waals surface area contributed by atoms with Crippen LogP contribution in [-0.2, 0) is 6.42 Å². The third-order valence-corrected chi connectivity index (χ3v) is 1.95. The lowest BCUT2D eigenvalue weighted by molar-refractivity contribution is 0.421. The van der Waals surface area contributed by atoms with Crippen LogP contribution in [0.4, 0.5) is 5.69 Å². The molecular formula is C10H12N4O. The number of rotatable bonds is 3. The van der Waals surface area contributed by atoms with Crippen LogP contribution in [0.15, 0.2) is 22.9 Å². The van der Waals surface area contributed by atoms with Crippen molar-refractivity contribution in [1.82, 2.24) is 15.1 Å². The second-order valence-electron chi connectivity index (χ2n) is 3.24. The molecule has 2 heterocycles. The van der Waals surface area contributed by atoms with Crippen LogP contribution in [0.2, 0.25) is 0 Å². The van der Waals surface area contributed by atoms with Gasteiger partial charge in [0.15, 0.2) is 5.82 Å². The van der Waals surface area contributed by atoms with Crippen molar-refractivity contribution in [1.29, 1.82) is 0 Å². The summed E-state index contributed by atoms with van der Waals surface area (Å²) in [6, 6.07) is 3.52. The van der Waals surface area contributed by atoms with Crippen molar-refractivity contribution >= 4 is 5.69 Å². The van der Waals surface area contributed by atoms with Crippen molar-refractivity contribution in [2.45, 2.75) is 19.8 Å². The zero-order valence-corrected chi connectivity index (χ0v) is 8.47. The zero-order valence-electron chi connectivity index (χ0n) is 8.47. The molecule has 2 N–H and O–H groups in total. The Hall–Kier alpha value is -1.91. The van der Waals surface area contributed by atoms with Crippen LogP contribution in [0, 0.1) is 0 Å². The largest absolute Gasteiger partial charge is 0.397 e. The van der Waals surface area contributed by atoms with Crippen LogP contribution in [0.3, 0.4) is 0 Å². The van der Waals surface area contributed by atoms with Gasteiger partial charge in [-0.3, -0.25) is 0 Å². The molecule has 0 radical (unpaired) electrons. The van der Waals surface area contributed by atoms with Crippen molar-refractivity contribution in [3.05, 3.63) is 24.2 Å². The summed E-state index contributed by atoms with van der Waals surface area (Å²) >= 11 is 0. The second kappa shape index (κ2) is 4.08. The third kappa shape index (κ3) is 2.12. The summed E-state index contributed by atoms with van der Waals surface area (Å²) < 4.78 is 5.08. The second-order valence-corrected chi connectivity index (χ2v) is 3.24. The number of nitrogens with two attached hydrogens (primary N) is 1. The van der Waals surface area contributed by atoms with Crippen LogP contribution in [0.1, 0.15) is 19.2 Å². The molecule has 0 bridgehead atoms. The zero-order chi connectivity index (χ0) is 10.7. The fourth-order valence-electron chi connectivity index (χ4n) is 1.21. The highest BCUT2D eigenvalue weighted by Crippen LogP contribution is 2.15. The summed E-state index contributed by atoms with van der Waals surface area (Å²) in [5.41, 5.74) is 6.80. The van der Waals surface area contributed by atoms with Gasteiger partial charge in [-0.25, -0.2) is 4.98 Å². The maximum absolute atomic E-state index is 5.53. The number of hydrogen-bond acceptors (Lipinski definition) is 5. The van der Waals surface area contributed by atoms with E-state index in [9.17, 15) is 0 Å². The molecule has 0 saturated carbocycles. The first-order chi connectivity index (χ1) is 7.29. The number of anilines is 1. The van der Waals surface area contributed by atoms with Crippen molar-refractivity contribution < 1.29 is 4.52 Å². The minimum Gasteiger partial charge on any atom is -0.397 e. The minimum atomic E-state index is 0.443. The van der Waals surface area contributed by atoms with E-state index in [4.69, 9.17) is 10.3 Å². The highest BCUT2D eigenvalue weighted by Gasteiger charge is 2.08. The number of nitrogen functional groups attached to an aromatic ring is 1. The molecule has 2 aromatic heterocycles. The van der Waals surface area contributed by atoms with E-state index < -0.39 is 0 Å². The van der Waals surface area contributed by atoms with E-state index in [0.29, 0.717) is 23.1 Å². The van der Waals surface area contributed by atoms with E-state index in [1.165, 1.54) is 0 Å². The predicted molar refractivity (Wildman–Crippen MR) is 55.9 cm³/mol.